The van der Waals surface area contributed by atoms with Crippen LogP contribution < -0.4 is 11.1 Å². The molecule has 0 aliphatic rings. The third kappa shape index (κ3) is 4.44. The van der Waals surface area contributed by atoms with Crippen molar-refractivity contribution in [2.24, 2.45) is 11.7 Å². The predicted molar refractivity (Wildman–Crippen MR) is 85.5 cm³/mol. The highest BCUT2D eigenvalue weighted by Gasteiger charge is 2.20. The molecule has 3 N–H and O–H groups in total. The molecule has 0 saturated heterocycles. The molecule has 0 bridgehead atoms. The Kier molecular flexibility index (Phi) is 6.18. The fourth-order valence-electron chi connectivity index (χ4n) is 1.75. The number of hydrogen-bond acceptors (Lipinski definition) is 3. The summed E-state index contributed by atoms with van der Waals surface area (Å²) in [7, 11) is 3.28. The number of nitrogens with two attached hydrogens (primary N) is 1. The van der Waals surface area contributed by atoms with Crippen LogP contribution in [0.2, 0.25) is 5.02 Å². The van der Waals surface area contributed by atoms with Crippen LogP contribution >= 0.6 is 11.6 Å². The predicted octanol–water partition coefficient (Wildman–Crippen LogP) is 2.35. The molecule has 0 radical (unpaired) electrons. The Bertz CT molecular complexity index is 532. The lowest BCUT2D eigenvalue weighted by Gasteiger charge is -2.18. The molecule has 21 heavy (non-hydrogen) atoms. The number of nitrogens with zero attached hydrogens (tertiary/aromatic N) is 1. The number of carbonyl (C=O) groups excluding carboxylic acids is 2. The highest BCUT2D eigenvalue weighted by molar-refractivity contribution is 6.34. The molecular formula is C15H22ClN3O2. The van der Waals surface area contributed by atoms with E-state index in [1.165, 1.54) is 4.90 Å². The molecule has 1 unspecified atom stereocenters. The number of hydrogen-bond donors (Lipinski definition) is 2. The Balaban J connectivity index is 2.93. The van der Waals surface area contributed by atoms with Crippen LogP contribution in [0.4, 0.5) is 5.69 Å². The largest absolute Gasteiger partial charge is 0.345 e. The SMILES string of the molecule is CCC(C)[C@H](N)C(=O)Nc1ccc(Cl)c(C(=O)N(C)C)c1. The van der Waals surface area contributed by atoms with E-state index in [-0.39, 0.29) is 17.7 Å². The van der Waals surface area contributed by atoms with Crippen LogP contribution in [0.3, 0.4) is 0 Å². The van der Waals surface area contributed by atoms with Crippen molar-refractivity contribution < 1.29 is 9.59 Å². The van der Waals surface area contributed by atoms with Crippen LogP contribution in [0, 0.1) is 5.92 Å². The van der Waals surface area contributed by atoms with Crippen LogP contribution in [0.5, 0.6) is 0 Å². The summed E-state index contributed by atoms with van der Waals surface area (Å²) in [6.45, 7) is 3.90. The molecule has 0 aromatic heterocycles. The maximum absolute atomic E-state index is 12.0. The highest BCUT2D eigenvalue weighted by atomic mass is 35.5. The summed E-state index contributed by atoms with van der Waals surface area (Å²) in [5.41, 5.74) is 6.73. The first-order valence-corrected chi connectivity index (χ1v) is 7.23. The summed E-state index contributed by atoms with van der Waals surface area (Å²) in [4.78, 5) is 25.5. The summed E-state index contributed by atoms with van der Waals surface area (Å²) >= 11 is 6.02. The van der Waals surface area contributed by atoms with E-state index >= 15 is 0 Å². The summed E-state index contributed by atoms with van der Waals surface area (Å²) in [5.74, 6) is -0.405. The van der Waals surface area contributed by atoms with Gasteiger partial charge >= 0.3 is 0 Å². The van der Waals surface area contributed by atoms with Crippen molar-refractivity contribution in [2.45, 2.75) is 26.3 Å². The Hall–Kier alpha value is -1.59. The van der Waals surface area contributed by atoms with Gasteiger partial charge in [0.25, 0.3) is 5.91 Å². The number of rotatable bonds is 5. The monoisotopic (exact) mass is 311 g/mol. The summed E-state index contributed by atoms with van der Waals surface area (Å²) < 4.78 is 0. The molecule has 5 nitrogen and oxygen atoms in total. The average molecular weight is 312 g/mol. The Morgan fingerprint density at radius 1 is 1.38 bits per heavy atom. The first-order valence-electron chi connectivity index (χ1n) is 6.85. The van der Waals surface area contributed by atoms with Crippen LogP contribution in [0.15, 0.2) is 18.2 Å². The third-order valence-corrected chi connectivity index (χ3v) is 3.76. The highest BCUT2D eigenvalue weighted by Crippen LogP contribution is 2.22. The fourth-order valence-corrected chi connectivity index (χ4v) is 1.94. The van der Waals surface area contributed by atoms with Crippen molar-refractivity contribution in [3.8, 4) is 0 Å². The van der Waals surface area contributed by atoms with E-state index in [2.05, 4.69) is 5.32 Å². The fraction of sp³-hybridized carbons (Fsp3) is 0.467. The summed E-state index contributed by atoms with van der Waals surface area (Å²) in [6, 6.07) is 4.21. The van der Waals surface area contributed by atoms with E-state index in [9.17, 15) is 9.59 Å². The van der Waals surface area contributed by atoms with Gasteiger partial charge in [-0.15, -0.1) is 0 Å². The van der Waals surface area contributed by atoms with Gasteiger partial charge in [0, 0.05) is 19.8 Å². The van der Waals surface area contributed by atoms with Crippen LogP contribution in [-0.4, -0.2) is 36.9 Å². The Morgan fingerprint density at radius 3 is 2.52 bits per heavy atom. The lowest BCUT2D eigenvalue weighted by Crippen LogP contribution is -2.40. The summed E-state index contributed by atoms with van der Waals surface area (Å²) in [5, 5.41) is 3.07. The number of carbonyl (C=O) groups is 2. The normalized spacial score (nSPS) is 13.4. The minimum atomic E-state index is -0.585. The quantitative estimate of drug-likeness (QED) is 0.876. The number of amides is 2. The van der Waals surface area contributed by atoms with Gasteiger partial charge < -0.3 is 16.0 Å². The zero-order valence-electron chi connectivity index (χ0n) is 12.8. The number of benzene rings is 1. The average Bonchev–Trinajstić information content (AvgIpc) is 2.46. The number of anilines is 1. The van der Waals surface area contributed by atoms with Crippen molar-refractivity contribution in [3.63, 3.8) is 0 Å². The van der Waals surface area contributed by atoms with Gasteiger partial charge in [0.1, 0.15) is 0 Å². The molecule has 0 fully saturated rings. The molecule has 1 rings (SSSR count). The van der Waals surface area contributed by atoms with Crippen LogP contribution in [0.1, 0.15) is 30.6 Å². The second kappa shape index (κ2) is 7.43. The van der Waals surface area contributed by atoms with E-state index in [1.807, 2.05) is 13.8 Å². The molecular weight excluding hydrogens is 290 g/mol. The molecule has 0 aliphatic carbocycles. The number of nitrogens with one attached hydrogen (secondary N) is 1. The molecule has 1 aromatic rings. The van der Waals surface area contributed by atoms with Crippen LogP contribution in [0.25, 0.3) is 0 Å². The number of halogens is 1. The van der Waals surface area contributed by atoms with Crippen molar-refractivity contribution in [1.29, 1.82) is 0 Å². The Morgan fingerprint density at radius 2 is 2.00 bits per heavy atom. The first-order chi connectivity index (χ1) is 9.77. The molecule has 0 heterocycles. The van der Waals surface area contributed by atoms with Gasteiger partial charge in [-0.3, -0.25) is 9.59 Å². The maximum Gasteiger partial charge on any atom is 0.254 e. The molecule has 0 aliphatic heterocycles. The van der Waals surface area contributed by atoms with E-state index in [0.29, 0.717) is 16.3 Å². The molecule has 2 amide bonds. The first kappa shape index (κ1) is 17.5. The van der Waals surface area contributed by atoms with Crippen molar-refractivity contribution >= 4 is 29.1 Å². The van der Waals surface area contributed by atoms with E-state index < -0.39 is 6.04 Å². The minimum Gasteiger partial charge on any atom is -0.345 e. The van der Waals surface area contributed by atoms with Crippen LogP contribution in [-0.2, 0) is 4.79 Å². The summed E-state index contributed by atoms with van der Waals surface area (Å²) in [6.07, 6.45) is 0.819. The molecule has 0 spiro atoms. The molecule has 1 aromatic carbocycles. The molecule has 6 heteroatoms. The molecule has 116 valence electrons. The zero-order valence-corrected chi connectivity index (χ0v) is 13.6. The lowest BCUT2D eigenvalue weighted by molar-refractivity contribution is -0.118. The molecule has 0 saturated carbocycles. The third-order valence-electron chi connectivity index (χ3n) is 3.43. The van der Waals surface area contributed by atoms with Crippen molar-refractivity contribution in [1.82, 2.24) is 4.90 Å². The van der Waals surface area contributed by atoms with Gasteiger partial charge in [0.15, 0.2) is 0 Å². The van der Waals surface area contributed by atoms with E-state index in [4.69, 9.17) is 17.3 Å². The van der Waals surface area contributed by atoms with Gasteiger partial charge in [0.05, 0.1) is 16.6 Å². The second-order valence-electron chi connectivity index (χ2n) is 5.29. The van der Waals surface area contributed by atoms with Crippen molar-refractivity contribution in [3.05, 3.63) is 28.8 Å². The van der Waals surface area contributed by atoms with Gasteiger partial charge in [-0.25, -0.2) is 0 Å². The van der Waals surface area contributed by atoms with Crippen molar-refractivity contribution in [2.75, 3.05) is 19.4 Å². The lowest BCUT2D eigenvalue weighted by atomic mass is 9.99. The van der Waals surface area contributed by atoms with Gasteiger partial charge in [-0.2, -0.15) is 0 Å². The zero-order chi connectivity index (χ0) is 16.2. The molecule has 2 atom stereocenters. The minimum absolute atomic E-state index is 0.0835. The topological polar surface area (TPSA) is 75.4 Å². The van der Waals surface area contributed by atoms with E-state index in [0.717, 1.165) is 6.42 Å². The Labute approximate surface area is 130 Å². The van der Waals surface area contributed by atoms with Gasteiger partial charge in [-0.05, 0) is 24.1 Å². The van der Waals surface area contributed by atoms with E-state index in [1.54, 1.807) is 32.3 Å². The second-order valence-corrected chi connectivity index (χ2v) is 5.70. The smallest absolute Gasteiger partial charge is 0.254 e. The maximum atomic E-state index is 12.0. The van der Waals surface area contributed by atoms with Gasteiger partial charge in [-0.1, -0.05) is 31.9 Å². The standard InChI is InChI=1S/C15H22ClN3O2/c1-5-9(2)13(17)14(20)18-10-6-7-12(16)11(8-10)15(21)19(3)4/h6-9,13H,5,17H2,1-4H3,(H,18,20)/t9?,13-/m0/s1. The van der Waals surface area contributed by atoms with Gasteiger partial charge in [0.2, 0.25) is 5.91 Å².